The van der Waals surface area contributed by atoms with E-state index in [1.54, 1.807) is 0 Å². The average Bonchev–Trinajstić information content (AvgIpc) is 2.25. The molecule has 5 atom stereocenters. The summed E-state index contributed by atoms with van der Waals surface area (Å²) in [7, 11) is 0. The van der Waals surface area contributed by atoms with Crippen LogP contribution in [0.15, 0.2) is 0 Å². The van der Waals surface area contributed by atoms with E-state index < -0.39 is 29.9 Å². The molecule has 1 heterocycles. The molecule has 15 heavy (non-hydrogen) atoms. The highest BCUT2D eigenvalue weighted by molar-refractivity contribution is 7.99. The Hall–Kier alpha value is 0.150. The summed E-state index contributed by atoms with van der Waals surface area (Å²) in [5.74, 6) is 0.794. The molecule has 0 aliphatic carbocycles. The second-order valence-corrected chi connectivity index (χ2v) is 4.77. The molecule has 1 aliphatic heterocycles. The van der Waals surface area contributed by atoms with Crippen molar-refractivity contribution in [1.29, 1.82) is 0 Å². The van der Waals surface area contributed by atoms with Crippen molar-refractivity contribution in [1.82, 2.24) is 0 Å². The summed E-state index contributed by atoms with van der Waals surface area (Å²) in [4.78, 5) is 0. The van der Waals surface area contributed by atoms with Gasteiger partial charge in [-0.2, -0.15) is 0 Å². The second kappa shape index (κ2) is 6.03. The second-order valence-electron chi connectivity index (χ2n) is 3.57. The molecule has 90 valence electrons. The first-order valence-electron chi connectivity index (χ1n) is 5.04. The standard InChI is InChI=1S/C9H18O5S/c1-2-3-15-9-8(13)7(12)6(11)5(4-10)14-9/h5-13H,2-4H2,1H3. The molecule has 0 saturated carbocycles. The van der Waals surface area contributed by atoms with Gasteiger partial charge < -0.3 is 25.2 Å². The average molecular weight is 238 g/mol. The van der Waals surface area contributed by atoms with Crippen LogP contribution < -0.4 is 0 Å². The van der Waals surface area contributed by atoms with Gasteiger partial charge >= 0.3 is 0 Å². The smallest absolute Gasteiger partial charge is 0.132 e. The summed E-state index contributed by atoms with van der Waals surface area (Å²) in [6, 6.07) is 0. The quantitative estimate of drug-likeness (QED) is 0.498. The van der Waals surface area contributed by atoms with Gasteiger partial charge in [0.15, 0.2) is 0 Å². The van der Waals surface area contributed by atoms with Crippen molar-refractivity contribution >= 4 is 11.8 Å². The summed E-state index contributed by atoms with van der Waals surface area (Å²) >= 11 is 1.38. The maximum Gasteiger partial charge on any atom is 0.132 e. The minimum atomic E-state index is -1.26. The van der Waals surface area contributed by atoms with Gasteiger partial charge in [0.1, 0.15) is 29.9 Å². The van der Waals surface area contributed by atoms with Crippen molar-refractivity contribution in [3.63, 3.8) is 0 Å². The van der Waals surface area contributed by atoms with Crippen molar-refractivity contribution in [2.75, 3.05) is 12.4 Å². The maximum atomic E-state index is 9.61. The Balaban J connectivity index is 2.57. The molecule has 1 saturated heterocycles. The maximum absolute atomic E-state index is 9.61. The zero-order chi connectivity index (χ0) is 11.4. The Kier molecular flexibility index (Phi) is 5.31. The van der Waals surface area contributed by atoms with Crippen LogP contribution in [0.25, 0.3) is 0 Å². The molecule has 0 spiro atoms. The lowest BCUT2D eigenvalue weighted by atomic mass is 10.0. The van der Waals surface area contributed by atoms with E-state index in [0.29, 0.717) is 0 Å². The van der Waals surface area contributed by atoms with Gasteiger partial charge in [-0.25, -0.2) is 0 Å². The molecule has 1 fully saturated rings. The molecule has 0 amide bonds. The van der Waals surface area contributed by atoms with Crippen LogP contribution in [0.4, 0.5) is 0 Å². The molecule has 5 unspecified atom stereocenters. The van der Waals surface area contributed by atoms with Crippen molar-refractivity contribution in [2.24, 2.45) is 0 Å². The minimum Gasteiger partial charge on any atom is -0.394 e. The Labute approximate surface area is 93.1 Å². The normalized spacial score (nSPS) is 41.8. The van der Waals surface area contributed by atoms with Crippen LogP contribution >= 0.6 is 11.8 Å². The van der Waals surface area contributed by atoms with E-state index in [4.69, 9.17) is 9.84 Å². The molecule has 4 N–H and O–H groups in total. The molecule has 5 nitrogen and oxygen atoms in total. The molecule has 1 rings (SSSR count). The predicted octanol–water partition coefficient (Wildman–Crippen LogP) is -1.07. The number of hydrogen-bond donors (Lipinski definition) is 4. The topological polar surface area (TPSA) is 90.2 Å². The van der Waals surface area contributed by atoms with E-state index in [1.165, 1.54) is 11.8 Å². The molecule has 1 aliphatic rings. The number of aliphatic hydroxyl groups excluding tert-OH is 4. The zero-order valence-corrected chi connectivity index (χ0v) is 9.43. The number of thioether (sulfide) groups is 1. The Morgan fingerprint density at radius 2 is 1.80 bits per heavy atom. The van der Waals surface area contributed by atoms with Gasteiger partial charge in [0, 0.05) is 0 Å². The van der Waals surface area contributed by atoms with E-state index in [2.05, 4.69) is 0 Å². The molecular formula is C9H18O5S. The van der Waals surface area contributed by atoms with Gasteiger partial charge in [-0.3, -0.25) is 0 Å². The lowest BCUT2D eigenvalue weighted by Crippen LogP contribution is -2.57. The highest BCUT2D eigenvalue weighted by atomic mass is 32.2. The van der Waals surface area contributed by atoms with E-state index in [0.717, 1.165) is 12.2 Å². The van der Waals surface area contributed by atoms with E-state index >= 15 is 0 Å². The highest BCUT2D eigenvalue weighted by Crippen LogP contribution is 2.28. The van der Waals surface area contributed by atoms with E-state index in [1.807, 2.05) is 6.92 Å². The largest absolute Gasteiger partial charge is 0.394 e. The fourth-order valence-electron chi connectivity index (χ4n) is 1.44. The molecule has 0 radical (unpaired) electrons. The molecule has 6 heteroatoms. The third kappa shape index (κ3) is 3.05. The fourth-order valence-corrected chi connectivity index (χ4v) is 2.49. The first-order valence-corrected chi connectivity index (χ1v) is 6.08. The zero-order valence-electron chi connectivity index (χ0n) is 8.61. The lowest BCUT2D eigenvalue weighted by molar-refractivity contribution is -0.205. The summed E-state index contributed by atoms with van der Waals surface area (Å²) < 4.78 is 5.29. The minimum absolute atomic E-state index is 0.367. The Morgan fingerprint density at radius 3 is 2.33 bits per heavy atom. The van der Waals surface area contributed by atoms with Crippen LogP contribution in [-0.2, 0) is 4.74 Å². The van der Waals surface area contributed by atoms with Crippen LogP contribution in [-0.4, -0.2) is 62.6 Å². The van der Waals surface area contributed by atoms with Crippen molar-refractivity contribution in [3.05, 3.63) is 0 Å². The highest BCUT2D eigenvalue weighted by Gasteiger charge is 2.43. The van der Waals surface area contributed by atoms with Crippen LogP contribution in [0.2, 0.25) is 0 Å². The van der Waals surface area contributed by atoms with Gasteiger partial charge in [0.2, 0.25) is 0 Å². The fraction of sp³-hybridized carbons (Fsp3) is 1.00. The van der Waals surface area contributed by atoms with Crippen molar-refractivity contribution in [2.45, 2.75) is 43.2 Å². The Morgan fingerprint density at radius 1 is 1.13 bits per heavy atom. The van der Waals surface area contributed by atoms with Crippen LogP contribution in [0.1, 0.15) is 13.3 Å². The number of aliphatic hydroxyl groups is 4. The van der Waals surface area contributed by atoms with Crippen LogP contribution in [0.3, 0.4) is 0 Å². The summed E-state index contributed by atoms with van der Waals surface area (Å²) in [6.45, 7) is 1.63. The molecular weight excluding hydrogens is 220 g/mol. The summed E-state index contributed by atoms with van der Waals surface area (Å²) in [6.07, 6.45) is -3.49. The van der Waals surface area contributed by atoms with E-state index in [-0.39, 0.29) is 6.61 Å². The van der Waals surface area contributed by atoms with Gasteiger partial charge in [-0.05, 0) is 12.2 Å². The molecule has 0 aromatic carbocycles. The monoisotopic (exact) mass is 238 g/mol. The SMILES string of the molecule is CCCSC1OC(CO)C(O)C(O)C1O. The third-order valence-corrected chi connectivity index (χ3v) is 3.70. The van der Waals surface area contributed by atoms with Gasteiger partial charge in [0.25, 0.3) is 0 Å². The summed E-state index contributed by atoms with van der Waals surface area (Å²) in [5.41, 5.74) is -0.583. The molecule has 0 bridgehead atoms. The molecule has 0 aromatic rings. The van der Waals surface area contributed by atoms with Gasteiger partial charge in [-0.1, -0.05) is 6.92 Å². The third-order valence-electron chi connectivity index (χ3n) is 2.33. The van der Waals surface area contributed by atoms with E-state index in [9.17, 15) is 15.3 Å². The summed E-state index contributed by atoms with van der Waals surface area (Å²) in [5, 5.41) is 37.5. The first kappa shape index (κ1) is 13.2. The first-order chi connectivity index (χ1) is 7.11. The number of hydrogen-bond acceptors (Lipinski definition) is 6. The van der Waals surface area contributed by atoms with Crippen LogP contribution in [0.5, 0.6) is 0 Å². The van der Waals surface area contributed by atoms with Gasteiger partial charge in [0.05, 0.1) is 6.61 Å². The van der Waals surface area contributed by atoms with Gasteiger partial charge in [-0.15, -0.1) is 11.8 Å². The number of ether oxygens (including phenoxy) is 1. The molecule has 0 aromatic heterocycles. The van der Waals surface area contributed by atoms with Crippen LogP contribution in [0, 0.1) is 0 Å². The Bertz CT molecular complexity index is 189. The predicted molar refractivity (Wildman–Crippen MR) is 56.5 cm³/mol. The van der Waals surface area contributed by atoms with Crippen molar-refractivity contribution < 1.29 is 25.2 Å². The van der Waals surface area contributed by atoms with Crippen molar-refractivity contribution in [3.8, 4) is 0 Å². The lowest BCUT2D eigenvalue weighted by Gasteiger charge is -2.39. The number of rotatable bonds is 4.